The molecule has 4 unspecified atom stereocenters. The van der Waals surface area contributed by atoms with Crippen LogP contribution in [0.1, 0.15) is 77.0 Å². The van der Waals surface area contributed by atoms with E-state index in [1.54, 1.807) is 32.1 Å². The van der Waals surface area contributed by atoms with Gasteiger partial charge in [-0.05, 0) is 42.9 Å². The second-order valence-electron chi connectivity index (χ2n) is 6.85. The molecule has 0 heterocycles. The first-order chi connectivity index (χ1) is 8.45. The van der Waals surface area contributed by atoms with Crippen LogP contribution in [0.25, 0.3) is 0 Å². The molecule has 0 saturated heterocycles. The molecular formula is C17H29. The average Bonchev–Trinajstić information content (AvgIpc) is 2.72. The van der Waals surface area contributed by atoms with E-state index in [1.165, 1.54) is 44.9 Å². The third-order valence-corrected chi connectivity index (χ3v) is 5.87. The molecule has 97 valence electrons. The van der Waals surface area contributed by atoms with Crippen molar-refractivity contribution in [2.75, 3.05) is 0 Å². The van der Waals surface area contributed by atoms with Crippen molar-refractivity contribution >= 4 is 0 Å². The van der Waals surface area contributed by atoms with Gasteiger partial charge in [0.15, 0.2) is 0 Å². The lowest BCUT2D eigenvalue weighted by molar-refractivity contribution is 0.191. The summed E-state index contributed by atoms with van der Waals surface area (Å²) in [6.45, 7) is 0. The van der Waals surface area contributed by atoms with Gasteiger partial charge in [-0.3, -0.25) is 0 Å². The third kappa shape index (κ3) is 2.71. The first kappa shape index (κ1) is 12.1. The summed E-state index contributed by atoms with van der Waals surface area (Å²) in [5.41, 5.74) is 0. The minimum Gasteiger partial charge on any atom is -0.0533 e. The summed E-state index contributed by atoms with van der Waals surface area (Å²) in [5.74, 6) is 4.28. The maximum atomic E-state index is 2.77. The van der Waals surface area contributed by atoms with Gasteiger partial charge in [0.1, 0.15) is 0 Å². The lowest BCUT2D eigenvalue weighted by Gasteiger charge is -2.33. The van der Waals surface area contributed by atoms with Gasteiger partial charge in [0, 0.05) is 0 Å². The molecule has 3 saturated carbocycles. The average molecular weight is 233 g/mol. The van der Waals surface area contributed by atoms with E-state index in [2.05, 4.69) is 6.42 Å². The third-order valence-electron chi connectivity index (χ3n) is 5.87. The lowest BCUT2D eigenvalue weighted by Crippen LogP contribution is -2.26. The van der Waals surface area contributed by atoms with Crippen LogP contribution in [0.5, 0.6) is 0 Å². The molecule has 1 radical (unpaired) electrons. The van der Waals surface area contributed by atoms with E-state index in [9.17, 15) is 0 Å². The van der Waals surface area contributed by atoms with Crippen LogP contribution in [0.3, 0.4) is 0 Å². The van der Waals surface area contributed by atoms with Crippen LogP contribution in [-0.2, 0) is 0 Å². The Labute approximate surface area is 108 Å². The summed E-state index contributed by atoms with van der Waals surface area (Å²) in [6, 6.07) is 0. The SMILES string of the molecule is [CH]1CCCCC2CCCC3CCCCCC3C12. The Bertz CT molecular complexity index is 208. The van der Waals surface area contributed by atoms with Gasteiger partial charge in [-0.15, -0.1) is 0 Å². The van der Waals surface area contributed by atoms with E-state index in [4.69, 9.17) is 0 Å². The van der Waals surface area contributed by atoms with Crippen LogP contribution >= 0.6 is 0 Å². The van der Waals surface area contributed by atoms with Crippen LogP contribution in [0.2, 0.25) is 0 Å². The summed E-state index contributed by atoms with van der Waals surface area (Å²) < 4.78 is 0. The highest BCUT2D eigenvalue weighted by Gasteiger charge is 2.37. The van der Waals surface area contributed by atoms with E-state index in [1.807, 2.05) is 0 Å². The predicted molar refractivity (Wildman–Crippen MR) is 73.7 cm³/mol. The molecule has 0 bridgehead atoms. The molecule has 3 aliphatic rings. The number of hydrogen-bond donors (Lipinski definition) is 0. The van der Waals surface area contributed by atoms with Crippen molar-refractivity contribution in [1.82, 2.24) is 0 Å². The molecule has 0 aromatic rings. The molecule has 0 heteroatoms. The molecule has 0 aromatic carbocycles. The fourth-order valence-electron chi connectivity index (χ4n) is 5.03. The summed E-state index contributed by atoms with van der Waals surface area (Å²) in [7, 11) is 0. The van der Waals surface area contributed by atoms with Crippen LogP contribution in [0.15, 0.2) is 0 Å². The molecule has 4 atom stereocenters. The molecule has 0 spiro atoms. The van der Waals surface area contributed by atoms with Crippen molar-refractivity contribution in [3.63, 3.8) is 0 Å². The van der Waals surface area contributed by atoms with Crippen molar-refractivity contribution in [3.8, 4) is 0 Å². The molecule has 3 aliphatic carbocycles. The Morgan fingerprint density at radius 3 is 2.29 bits per heavy atom. The highest BCUT2D eigenvalue weighted by molar-refractivity contribution is 4.94. The molecule has 3 fully saturated rings. The quantitative estimate of drug-likeness (QED) is 0.527. The van der Waals surface area contributed by atoms with Gasteiger partial charge in [-0.25, -0.2) is 0 Å². The van der Waals surface area contributed by atoms with Crippen LogP contribution in [0, 0.1) is 30.1 Å². The van der Waals surface area contributed by atoms with E-state index < -0.39 is 0 Å². The van der Waals surface area contributed by atoms with Crippen LogP contribution in [0.4, 0.5) is 0 Å². The Balaban J connectivity index is 1.78. The fraction of sp³-hybridized carbons (Fsp3) is 0.941. The maximum absolute atomic E-state index is 2.77. The molecular weight excluding hydrogens is 204 g/mol. The summed E-state index contributed by atoms with van der Waals surface area (Å²) >= 11 is 0. The second-order valence-corrected chi connectivity index (χ2v) is 6.85. The smallest absolute Gasteiger partial charge is 0.0324 e. The van der Waals surface area contributed by atoms with Crippen molar-refractivity contribution in [1.29, 1.82) is 0 Å². The van der Waals surface area contributed by atoms with Gasteiger partial charge in [-0.2, -0.15) is 0 Å². The Morgan fingerprint density at radius 2 is 1.29 bits per heavy atom. The van der Waals surface area contributed by atoms with E-state index in [0.29, 0.717) is 0 Å². The van der Waals surface area contributed by atoms with Gasteiger partial charge in [0.05, 0.1) is 0 Å². The minimum atomic E-state index is 1.02. The highest BCUT2D eigenvalue weighted by Crippen LogP contribution is 2.47. The molecule has 0 N–H and O–H groups in total. The number of fused-ring (bicyclic) bond motifs is 3. The van der Waals surface area contributed by atoms with E-state index in [-0.39, 0.29) is 0 Å². The molecule has 0 nitrogen and oxygen atoms in total. The van der Waals surface area contributed by atoms with Gasteiger partial charge in [0.25, 0.3) is 0 Å². The van der Waals surface area contributed by atoms with Gasteiger partial charge in [0.2, 0.25) is 0 Å². The molecule has 17 heavy (non-hydrogen) atoms. The van der Waals surface area contributed by atoms with Gasteiger partial charge in [-0.1, -0.05) is 64.2 Å². The topological polar surface area (TPSA) is 0 Å². The van der Waals surface area contributed by atoms with Crippen molar-refractivity contribution in [2.24, 2.45) is 23.7 Å². The largest absolute Gasteiger partial charge is 0.0533 e. The van der Waals surface area contributed by atoms with Crippen molar-refractivity contribution in [3.05, 3.63) is 6.42 Å². The Kier molecular flexibility index (Phi) is 4.08. The lowest BCUT2D eigenvalue weighted by atomic mass is 9.72. The van der Waals surface area contributed by atoms with Crippen LogP contribution in [-0.4, -0.2) is 0 Å². The highest BCUT2D eigenvalue weighted by atomic mass is 14.4. The van der Waals surface area contributed by atoms with Crippen LogP contribution < -0.4 is 0 Å². The number of hydrogen-bond acceptors (Lipinski definition) is 0. The second kappa shape index (κ2) is 5.76. The zero-order chi connectivity index (χ0) is 11.5. The zero-order valence-electron chi connectivity index (χ0n) is 11.4. The van der Waals surface area contributed by atoms with Gasteiger partial charge >= 0.3 is 0 Å². The molecule has 0 aliphatic heterocycles. The Hall–Kier alpha value is 0. The van der Waals surface area contributed by atoms with E-state index in [0.717, 1.165) is 23.7 Å². The predicted octanol–water partition coefficient (Wildman–Crippen LogP) is 5.38. The van der Waals surface area contributed by atoms with E-state index >= 15 is 0 Å². The zero-order valence-corrected chi connectivity index (χ0v) is 11.4. The standard InChI is InChI=1S/C17H29/c1-3-8-14-10-7-11-15-9-4-2-6-13-17(15)16(14)12-5-1/h12,14-17H,1-11,13H2. The molecule has 0 aromatic heterocycles. The fourth-order valence-corrected chi connectivity index (χ4v) is 5.03. The maximum Gasteiger partial charge on any atom is -0.0324 e. The summed E-state index contributed by atoms with van der Waals surface area (Å²) in [4.78, 5) is 0. The minimum absolute atomic E-state index is 1.02. The molecule has 3 rings (SSSR count). The van der Waals surface area contributed by atoms with Crippen molar-refractivity contribution < 1.29 is 0 Å². The molecule has 0 amide bonds. The normalized spacial score (nSPS) is 43.8. The first-order valence-corrected chi connectivity index (χ1v) is 8.28. The summed E-state index contributed by atoms with van der Waals surface area (Å²) in [5, 5.41) is 0. The van der Waals surface area contributed by atoms with Gasteiger partial charge < -0.3 is 0 Å². The first-order valence-electron chi connectivity index (χ1n) is 8.28. The number of rotatable bonds is 0. The Morgan fingerprint density at radius 1 is 0.588 bits per heavy atom. The summed E-state index contributed by atoms with van der Waals surface area (Å²) in [6.07, 6.45) is 21.1. The monoisotopic (exact) mass is 233 g/mol. The van der Waals surface area contributed by atoms with Crippen molar-refractivity contribution in [2.45, 2.75) is 77.0 Å².